The number of nitro groups is 1. The van der Waals surface area contributed by atoms with Crippen molar-refractivity contribution in [3.05, 3.63) is 63.7 Å². The Morgan fingerprint density at radius 3 is 2.61 bits per heavy atom. The van der Waals surface area contributed by atoms with Gasteiger partial charge in [-0.25, -0.2) is 0 Å². The van der Waals surface area contributed by atoms with Crippen molar-refractivity contribution < 1.29 is 14.5 Å². The summed E-state index contributed by atoms with van der Waals surface area (Å²) in [5.74, 6) is 0.385. The van der Waals surface area contributed by atoms with E-state index >= 15 is 0 Å². The van der Waals surface area contributed by atoms with E-state index in [2.05, 4.69) is 10.6 Å². The lowest BCUT2D eigenvalue weighted by molar-refractivity contribution is -0.385. The van der Waals surface area contributed by atoms with Crippen molar-refractivity contribution in [1.29, 1.82) is 0 Å². The summed E-state index contributed by atoms with van der Waals surface area (Å²) in [5.41, 5.74) is 1.26. The Kier molecular flexibility index (Phi) is 8.06. The van der Waals surface area contributed by atoms with Crippen molar-refractivity contribution in [3.63, 3.8) is 0 Å². The van der Waals surface area contributed by atoms with Gasteiger partial charge >= 0.3 is 0 Å². The number of hydrogen-bond acceptors (Lipinski definition) is 5. The summed E-state index contributed by atoms with van der Waals surface area (Å²) in [5, 5.41) is 16.9. The summed E-state index contributed by atoms with van der Waals surface area (Å²) >= 11 is 1.31. The van der Waals surface area contributed by atoms with E-state index in [0.29, 0.717) is 34.2 Å². The molecule has 0 heterocycles. The standard InChI is InChI=1S/C23H27N3O4S/c1-16-11-12-18(13-20(16)26(29)30)25-23(28)19-9-5-6-10-21(19)31-15-22(27)24-14-17-7-3-2-4-8-17/h5-6,9-13,17H,2-4,7-8,14-15H2,1H3,(H,24,27)(H,25,28). The molecule has 164 valence electrons. The molecule has 8 heteroatoms. The molecule has 0 atom stereocenters. The first kappa shape index (κ1) is 22.8. The minimum atomic E-state index is -0.472. The molecule has 0 aromatic heterocycles. The van der Waals surface area contributed by atoms with Gasteiger partial charge < -0.3 is 10.6 Å². The van der Waals surface area contributed by atoms with Crippen molar-refractivity contribution >= 4 is 35.0 Å². The minimum absolute atomic E-state index is 0.0417. The highest BCUT2D eigenvalue weighted by Gasteiger charge is 2.17. The smallest absolute Gasteiger partial charge is 0.274 e. The van der Waals surface area contributed by atoms with Gasteiger partial charge in [0.1, 0.15) is 0 Å². The Hall–Kier alpha value is -2.87. The average Bonchev–Trinajstić information content (AvgIpc) is 2.78. The predicted octanol–water partition coefficient (Wildman–Crippen LogP) is 4.94. The van der Waals surface area contributed by atoms with Crippen LogP contribution in [-0.2, 0) is 4.79 Å². The van der Waals surface area contributed by atoms with Crippen LogP contribution in [-0.4, -0.2) is 29.0 Å². The molecule has 0 saturated heterocycles. The third-order valence-corrected chi connectivity index (χ3v) is 6.54. The second-order valence-corrected chi connectivity index (χ2v) is 8.82. The number of amides is 2. The largest absolute Gasteiger partial charge is 0.355 e. The van der Waals surface area contributed by atoms with Crippen LogP contribution in [0.1, 0.15) is 48.0 Å². The van der Waals surface area contributed by atoms with Crippen LogP contribution < -0.4 is 10.6 Å². The van der Waals surface area contributed by atoms with Crippen LogP contribution in [0.4, 0.5) is 11.4 Å². The normalized spacial score (nSPS) is 14.1. The van der Waals surface area contributed by atoms with Crippen LogP contribution in [0.5, 0.6) is 0 Å². The lowest BCUT2D eigenvalue weighted by Gasteiger charge is -2.21. The van der Waals surface area contributed by atoms with E-state index in [1.165, 1.54) is 49.9 Å². The van der Waals surface area contributed by atoms with Gasteiger partial charge in [-0.05, 0) is 43.9 Å². The number of hydrogen-bond donors (Lipinski definition) is 2. The van der Waals surface area contributed by atoms with Crippen molar-refractivity contribution in [3.8, 4) is 0 Å². The third kappa shape index (κ3) is 6.55. The number of nitrogens with zero attached hydrogens (tertiary/aromatic N) is 1. The van der Waals surface area contributed by atoms with Crippen LogP contribution in [0.3, 0.4) is 0 Å². The maximum atomic E-state index is 12.8. The molecule has 0 spiro atoms. The van der Waals surface area contributed by atoms with Gasteiger partial charge in [-0.1, -0.05) is 37.5 Å². The summed E-state index contributed by atoms with van der Waals surface area (Å²) < 4.78 is 0. The number of aryl methyl sites for hydroxylation is 1. The molecule has 31 heavy (non-hydrogen) atoms. The maximum Gasteiger partial charge on any atom is 0.274 e. The summed E-state index contributed by atoms with van der Waals surface area (Å²) in [4.78, 5) is 36.4. The first-order chi connectivity index (χ1) is 14.9. The van der Waals surface area contributed by atoms with Gasteiger partial charge in [0.25, 0.3) is 11.6 Å². The maximum absolute atomic E-state index is 12.8. The zero-order valence-electron chi connectivity index (χ0n) is 17.6. The first-order valence-corrected chi connectivity index (χ1v) is 11.5. The van der Waals surface area contributed by atoms with E-state index in [-0.39, 0.29) is 23.3 Å². The number of carbonyl (C=O) groups is 2. The van der Waals surface area contributed by atoms with Crippen LogP contribution in [0.15, 0.2) is 47.4 Å². The Morgan fingerprint density at radius 1 is 1.13 bits per heavy atom. The Morgan fingerprint density at radius 2 is 1.87 bits per heavy atom. The summed E-state index contributed by atoms with van der Waals surface area (Å²) in [6, 6.07) is 11.6. The van der Waals surface area contributed by atoms with Gasteiger partial charge in [0.05, 0.1) is 16.2 Å². The van der Waals surface area contributed by atoms with E-state index in [9.17, 15) is 19.7 Å². The van der Waals surface area contributed by atoms with E-state index in [1.54, 1.807) is 37.3 Å². The number of anilines is 1. The topological polar surface area (TPSA) is 101 Å². The zero-order valence-corrected chi connectivity index (χ0v) is 18.4. The molecule has 2 aromatic rings. The van der Waals surface area contributed by atoms with Gasteiger partial charge in [-0.15, -0.1) is 11.8 Å². The Labute approximate surface area is 186 Å². The van der Waals surface area contributed by atoms with Crippen LogP contribution >= 0.6 is 11.8 Å². The molecule has 0 aliphatic heterocycles. The molecule has 1 aliphatic rings. The van der Waals surface area contributed by atoms with Gasteiger partial charge in [-0.3, -0.25) is 19.7 Å². The van der Waals surface area contributed by atoms with Crippen molar-refractivity contribution in [2.45, 2.75) is 43.9 Å². The summed E-state index contributed by atoms with van der Waals surface area (Å²) in [6.45, 7) is 2.36. The summed E-state index contributed by atoms with van der Waals surface area (Å²) in [7, 11) is 0. The number of rotatable bonds is 8. The van der Waals surface area contributed by atoms with E-state index in [1.807, 2.05) is 6.07 Å². The third-order valence-electron chi connectivity index (χ3n) is 5.47. The van der Waals surface area contributed by atoms with Crippen LogP contribution in [0.25, 0.3) is 0 Å². The van der Waals surface area contributed by atoms with Gasteiger partial charge in [-0.2, -0.15) is 0 Å². The Balaban J connectivity index is 1.59. The second kappa shape index (κ2) is 10.9. The number of nitrogens with one attached hydrogen (secondary N) is 2. The lowest BCUT2D eigenvalue weighted by Crippen LogP contribution is -2.31. The van der Waals surface area contributed by atoms with E-state index in [4.69, 9.17) is 0 Å². The quantitative estimate of drug-likeness (QED) is 0.343. The van der Waals surface area contributed by atoms with Crippen molar-refractivity contribution in [2.24, 2.45) is 5.92 Å². The fourth-order valence-corrected chi connectivity index (χ4v) is 4.59. The fraction of sp³-hybridized carbons (Fsp3) is 0.391. The SMILES string of the molecule is Cc1ccc(NC(=O)c2ccccc2SCC(=O)NCC2CCCCC2)cc1[N+](=O)[O-]. The van der Waals surface area contributed by atoms with E-state index < -0.39 is 4.92 Å². The van der Waals surface area contributed by atoms with Gasteiger partial charge in [0.2, 0.25) is 5.91 Å². The lowest BCUT2D eigenvalue weighted by atomic mass is 9.89. The monoisotopic (exact) mass is 441 g/mol. The average molecular weight is 442 g/mol. The molecule has 7 nitrogen and oxygen atoms in total. The first-order valence-electron chi connectivity index (χ1n) is 10.5. The highest BCUT2D eigenvalue weighted by atomic mass is 32.2. The molecule has 0 unspecified atom stereocenters. The zero-order chi connectivity index (χ0) is 22.2. The number of benzene rings is 2. The molecule has 1 saturated carbocycles. The predicted molar refractivity (Wildman–Crippen MR) is 123 cm³/mol. The second-order valence-electron chi connectivity index (χ2n) is 7.81. The molecule has 1 aliphatic carbocycles. The molecular weight excluding hydrogens is 414 g/mol. The van der Waals surface area contributed by atoms with Gasteiger partial charge in [0, 0.05) is 28.8 Å². The van der Waals surface area contributed by atoms with Crippen molar-refractivity contribution in [2.75, 3.05) is 17.6 Å². The highest BCUT2D eigenvalue weighted by Crippen LogP contribution is 2.26. The number of carbonyl (C=O) groups excluding carboxylic acids is 2. The van der Waals surface area contributed by atoms with Gasteiger partial charge in [0.15, 0.2) is 0 Å². The molecule has 2 aromatic carbocycles. The number of nitro benzene ring substituents is 1. The molecule has 1 fully saturated rings. The van der Waals surface area contributed by atoms with E-state index in [0.717, 1.165) is 0 Å². The molecule has 3 rings (SSSR count). The number of thioether (sulfide) groups is 1. The fourth-order valence-electron chi connectivity index (χ4n) is 3.71. The van der Waals surface area contributed by atoms with Crippen molar-refractivity contribution in [1.82, 2.24) is 5.32 Å². The molecule has 2 N–H and O–H groups in total. The molecule has 2 amide bonds. The molecular formula is C23H27N3O4S. The molecule has 0 radical (unpaired) electrons. The Bertz CT molecular complexity index is 958. The van der Waals surface area contributed by atoms with Crippen LogP contribution in [0.2, 0.25) is 0 Å². The minimum Gasteiger partial charge on any atom is -0.355 e. The molecule has 0 bridgehead atoms. The van der Waals surface area contributed by atoms with Crippen LogP contribution in [0, 0.1) is 23.0 Å². The highest BCUT2D eigenvalue weighted by molar-refractivity contribution is 8.00. The summed E-state index contributed by atoms with van der Waals surface area (Å²) in [6.07, 6.45) is 6.11.